The monoisotopic (exact) mass is 834 g/mol. The number of piperidine rings is 1. The maximum atomic E-state index is 16.0. The molecule has 5 heterocycles. The summed E-state index contributed by atoms with van der Waals surface area (Å²) >= 11 is 0. The van der Waals surface area contributed by atoms with Gasteiger partial charge in [0, 0.05) is 44.0 Å². The van der Waals surface area contributed by atoms with Gasteiger partial charge in [0.05, 0.1) is 17.6 Å². The lowest BCUT2D eigenvalue weighted by molar-refractivity contribution is -0.156. The topological polar surface area (TPSA) is 172 Å². The van der Waals surface area contributed by atoms with Gasteiger partial charge in [-0.3, -0.25) is 9.36 Å². The highest BCUT2D eigenvalue weighted by Gasteiger charge is 2.45. The van der Waals surface area contributed by atoms with Crippen LogP contribution in [-0.2, 0) is 29.7 Å². The van der Waals surface area contributed by atoms with Crippen LogP contribution in [0.1, 0.15) is 86.0 Å². The van der Waals surface area contributed by atoms with E-state index < -0.39 is 53.6 Å². The largest absolute Gasteiger partial charge is 0.481 e. The maximum Gasteiger partial charge on any atom is 0.410 e. The molecule has 7 rings (SSSR count). The Kier molecular flexibility index (Phi) is 11.7. The van der Waals surface area contributed by atoms with Crippen molar-refractivity contribution in [1.82, 2.24) is 24.4 Å². The molecule has 2 aliphatic heterocycles. The molecule has 15 nitrogen and oxygen atoms in total. The number of alkyl halides is 2. The SMILES string of the molecule is C[C@H]1CN(C(=O)OC(C)(C)C)CC[C@@H]1n1c(O[C@H]2C[C@@H](C(=O)OC(C)(C)C)N(c3nc(C(F)(F)COCCCC(=O)O)nc4c3oc3ccccc34)C2)nc2ccccc21. The number of carbonyl (C=O) groups is 3. The fourth-order valence-electron chi connectivity index (χ4n) is 7.82. The van der Waals surface area contributed by atoms with Gasteiger partial charge in [-0.1, -0.05) is 31.2 Å². The van der Waals surface area contributed by atoms with Crippen LogP contribution in [0.5, 0.6) is 6.01 Å². The van der Waals surface area contributed by atoms with Gasteiger partial charge in [0.15, 0.2) is 11.4 Å². The summed E-state index contributed by atoms with van der Waals surface area (Å²) in [6.07, 6.45) is -0.563. The Hall–Kier alpha value is -5.58. The van der Waals surface area contributed by atoms with Crippen LogP contribution in [0.3, 0.4) is 0 Å². The Morgan fingerprint density at radius 2 is 1.65 bits per heavy atom. The summed E-state index contributed by atoms with van der Waals surface area (Å²) in [5.74, 6) is -6.29. The second kappa shape index (κ2) is 16.5. The van der Waals surface area contributed by atoms with E-state index in [-0.39, 0.29) is 67.4 Å². The maximum absolute atomic E-state index is 16.0. The summed E-state index contributed by atoms with van der Waals surface area (Å²) in [4.78, 5) is 54.9. The number of furan rings is 1. The third-order valence-electron chi connectivity index (χ3n) is 10.4. The Bertz CT molecular complexity index is 2390. The Morgan fingerprint density at radius 1 is 0.933 bits per heavy atom. The standard InChI is InChI=1S/C43H52F2N6O9/c1-25-22-49(40(55)60-42(5,6)7)19-18-29(25)51-30-15-10-9-14-28(30)46-39(51)57-26-21-31(37(54)59-41(2,3)4)50(23-26)36-35-34(27-13-8-11-16-32(27)58-35)47-38(48-36)43(44,45)24-56-20-12-17-33(52)53/h8-11,13-16,25-26,29,31H,12,17-24H2,1-7H3,(H,52,53)/t25-,26-,29-,31-/m0/s1. The number of carbonyl (C=O) groups excluding carboxylic acids is 2. The van der Waals surface area contributed by atoms with Crippen LogP contribution in [0.4, 0.5) is 19.4 Å². The molecular weight excluding hydrogens is 783 g/mol. The van der Waals surface area contributed by atoms with Crippen molar-refractivity contribution in [2.24, 2.45) is 5.92 Å². The molecule has 17 heteroatoms. The van der Waals surface area contributed by atoms with Crippen molar-refractivity contribution >= 4 is 57.0 Å². The number of carboxylic acids is 1. The first-order chi connectivity index (χ1) is 28.3. The van der Waals surface area contributed by atoms with Crippen LogP contribution in [0.2, 0.25) is 0 Å². The smallest absolute Gasteiger partial charge is 0.410 e. The molecule has 0 radical (unpaired) electrons. The molecule has 4 atom stereocenters. The van der Waals surface area contributed by atoms with Gasteiger partial charge in [0.2, 0.25) is 5.82 Å². The third kappa shape index (κ3) is 9.25. The van der Waals surface area contributed by atoms with Crippen molar-refractivity contribution in [3.8, 4) is 6.01 Å². The van der Waals surface area contributed by atoms with Gasteiger partial charge < -0.3 is 38.3 Å². The highest BCUT2D eigenvalue weighted by Crippen LogP contribution is 2.41. The Morgan fingerprint density at radius 3 is 2.37 bits per heavy atom. The molecule has 0 saturated carbocycles. The van der Waals surface area contributed by atoms with E-state index in [1.54, 1.807) is 54.8 Å². The van der Waals surface area contributed by atoms with Crippen molar-refractivity contribution < 1.29 is 51.6 Å². The number of amides is 1. The molecule has 2 fully saturated rings. The number of hydrogen-bond donors (Lipinski definition) is 1. The summed E-state index contributed by atoms with van der Waals surface area (Å²) < 4.78 is 63.8. The number of fused-ring (bicyclic) bond motifs is 4. The van der Waals surface area contributed by atoms with E-state index in [1.807, 2.05) is 45.0 Å². The van der Waals surface area contributed by atoms with Gasteiger partial charge in [-0.15, -0.1) is 0 Å². The molecule has 1 amide bonds. The van der Waals surface area contributed by atoms with Crippen LogP contribution in [-0.4, -0.2) is 104 Å². The number of ether oxygens (including phenoxy) is 4. The lowest BCUT2D eigenvalue weighted by atomic mass is 9.93. The predicted molar refractivity (Wildman–Crippen MR) is 217 cm³/mol. The van der Waals surface area contributed by atoms with Gasteiger partial charge in [-0.05, 0) is 84.6 Å². The molecule has 0 spiro atoms. The molecule has 0 aliphatic carbocycles. The van der Waals surface area contributed by atoms with E-state index in [2.05, 4.69) is 21.5 Å². The molecule has 1 N–H and O–H groups in total. The molecule has 0 bridgehead atoms. The second-order valence-corrected chi connectivity index (χ2v) is 17.6. The number of likely N-dealkylation sites (tertiary alicyclic amines) is 1. The molecule has 2 aliphatic rings. The van der Waals surface area contributed by atoms with Crippen molar-refractivity contribution in [2.75, 3.05) is 37.7 Å². The highest BCUT2D eigenvalue weighted by molar-refractivity contribution is 6.06. The fourth-order valence-corrected chi connectivity index (χ4v) is 7.82. The molecule has 0 unspecified atom stereocenters. The second-order valence-electron chi connectivity index (χ2n) is 17.6. The molecule has 322 valence electrons. The number of halogens is 2. The normalized spacial score (nSPS) is 20.3. The fraction of sp³-hybridized carbons (Fsp3) is 0.535. The average molecular weight is 835 g/mol. The number of aliphatic carboxylic acids is 1. The van der Waals surface area contributed by atoms with E-state index in [9.17, 15) is 14.4 Å². The summed E-state index contributed by atoms with van der Waals surface area (Å²) in [5.41, 5.74) is 0.636. The summed E-state index contributed by atoms with van der Waals surface area (Å²) in [5, 5.41) is 9.42. The number of benzene rings is 2. The first kappa shape index (κ1) is 42.5. The van der Waals surface area contributed by atoms with Crippen LogP contribution < -0.4 is 9.64 Å². The van der Waals surface area contributed by atoms with E-state index in [0.29, 0.717) is 42.0 Å². The van der Waals surface area contributed by atoms with Crippen LogP contribution in [0.15, 0.2) is 52.9 Å². The molecule has 3 aromatic heterocycles. The van der Waals surface area contributed by atoms with E-state index >= 15 is 8.78 Å². The number of esters is 1. The molecular formula is C43H52F2N6O9. The number of carboxylic acid groups (broad SMARTS) is 1. The van der Waals surface area contributed by atoms with E-state index in [4.69, 9.17) is 33.5 Å². The van der Waals surface area contributed by atoms with Crippen molar-refractivity contribution in [3.05, 3.63) is 54.4 Å². The number of rotatable bonds is 12. The van der Waals surface area contributed by atoms with Gasteiger partial charge in [-0.25, -0.2) is 19.6 Å². The van der Waals surface area contributed by atoms with Crippen molar-refractivity contribution in [1.29, 1.82) is 0 Å². The minimum atomic E-state index is -3.71. The number of para-hydroxylation sites is 3. The van der Waals surface area contributed by atoms with E-state index in [0.717, 1.165) is 5.52 Å². The van der Waals surface area contributed by atoms with Crippen LogP contribution >= 0.6 is 0 Å². The van der Waals surface area contributed by atoms with Gasteiger partial charge in [0.25, 0.3) is 6.01 Å². The predicted octanol–water partition coefficient (Wildman–Crippen LogP) is 7.88. The van der Waals surface area contributed by atoms with Gasteiger partial charge in [-0.2, -0.15) is 13.8 Å². The Balaban J connectivity index is 1.24. The summed E-state index contributed by atoms with van der Waals surface area (Å²) in [6.45, 7) is 12.4. The van der Waals surface area contributed by atoms with Gasteiger partial charge >= 0.3 is 24.0 Å². The number of nitrogens with zero attached hydrogens (tertiary/aromatic N) is 6. The van der Waals surface area contributed by atoms with Crippen LogP contribution in [0.25, 0.3) is 33.1 Å². The molecule has 2 saturated heterocycles. The lowest BCUT2D eigenvalue weighted by Gasteiger charge is -2.38. The third-order valence-corrected chi connectivity index (χ3v) is 10.4. The minimum absolute atomic E-state index is 0.0135. The Labute approximate surface area is 345 Å². The number of aromatic nitrogens is 4. The quantitative estimate of drug-likeness (QED) is 0.0952. The number of anilines is 1. The molecule has 2 aromatic carbocycles. The zero-order chi connectivity index (χ0) is 43.1. The van der Waals surface area contributed by atoms with Crippen molar-refractivity contribution in [3.63, 3.8) is 0 Å². The number of hydrogen-bond acceptors (Lipinski definition) is 12. The van der Waals surface area contributed by atoms with E-state index in [1.165, 1.54) is 0 Å². The summed E-state index contributed by atoms with van der Waals surface area (Å²) in [7, 11) is 0. The zero-order valence-electron chi connectivity index (χ0n) is 34.9. The lowest BCUT2D eigenvalue weighted by Crippen LogP contribution is -2.45. The van der Waals surface area contributed by atoms with Gasteiger partial charge in [0.1, 0.15) is 41.1 Å². The molecule has 5 aromatic rings. The zero-order valence-corrected chi connectivity index (χ0v) is 34.9. The first-order valence-electron chi connectivity index (χ1n) is 20.3. The molecule has 60 heavy (non-hydrogen) atoms. The van der Waals surface area contributed by atoms with Crippen molar-refractivity contribution in [2.45, 2.75) is 109 Å². The minimum Gasteiger partial charge on any atom is -0.481 e. The van der Waals surface area contributed by atoms with Crippen LogP contribution in [0, 0.1) is 5.92 Å². The summed E-state index contributed by atoms with van der Waals surface area (Å²) in [6, 6.07) is 13.7. The number of imidazole rings is 1. The average Bonchev–Trinajstić information content (AvgIpc) is 3.86. The first-order valence-corrected chi connectivity index (χ1v) is 20.3. The highest BCUT2D eigenvalue weighted by atomic mass is 19.3.